The van der Waals surface area contributed by atoms with E-state index in [1.165, 1.54) is 27.8 Å². The number of benzene rings is 3. The average molecular weight is 428 g/mol. The number of nitrogens with zero attached hydrogens (tertiary/aromatic N) is 1. The molecule has 4 rings (SSSR count). The lowest BCUT2D eigenvalue weighted by molar-refractivity contribution is -0.136. The van der Waals surface area contributed by atoms with Crippen LogP contribution in [0.5, 0.6) is 0 Å². The van der Waals surface area contributed by atoms with Gasteiger partial charge in [-0.3, -0.25) is 4.79 Å². The molecule has 0 spiro atoms. The third kappa shape index (κ3) is 6.93. The molecule has 0 radical (unpaired) electrons. The summed E-state index contributed by atoms with van der Waals surface area (Å²) in [4.78, 5) is 12.4. The zero-order valence-electron chi connectivity index (χ0n) is 19.1. The first kappa shape index (κ1) is 23.5. The third-order valence-electron chi connectivity index (χ3n) is 5.67. The van der Waals surface area contributed by atoms with Gasteiger partial charge < -0.3 is 10.0 Å². The van der Waals surface area contributed by atoms with Gasteiger partial charge in [0.1, 0.15) is 0 Å². The molecule has 0 atom stereocenters. The summed E-state index contributed by atoms with van der Waals surface area (Å²) in [5.74, 6) is -0.742. The minimum absolute atomic E-state index is 0.212. The predicted molar refractivity (Wildman–Crippen MR) is 133 cm³/mol. The van der Waals surface area contributed by atoms with Gasteiger partial charge >= 0.3 is 5.97 Å². The van der Waals surface area contributed by atoms with Crippen molar-refractivity contribution in [2.45, 2.75) is 32.1 Å². The van der Waals surface area contributed by atoms with E-state index in [0.29, 0.717) is 6.42 Å². The maximum atomic E-state index is 10.2. The van der Waals surface area contributed by atoms with Crippen molar-refractivity contribution in [3.8, 4) is 0 Å². The topological polar surface area (TPSA) is 40.5 Å². The van der Waals surface area contributed by atoms with Crippen molar-refractivity contribution in [1.29, 1.82) is 0 Å². The fourth-order valence-electron chi connectivity index (χ4n) is 4.00. The standard InChI is InChI=1S/C20H23N.C9H10O2/c1-21(2)15-7-12-20-18-10-5-3-8-16(18)13-14-17-9-4-6-11-19(17)20;10-9(11)7-6-8-4-2-1-3-5-8/h3-6,8-12H,7,13-15H2,1-2H3;1-5H,6-7H2,(H,10,11). The lowest BCUT2D eigenvalue weighted by Crippen LogP contribution is -2.12. The molecule has 3 aromatic carbocycles. The molecule has 0 aromatic heterocycles. The van der Waals surface area contributed by atoms with E-state index in [1.54, 1.807) is 0 Å². The molecule has 1 N–H and O–H groups in total. The average Bonchev–Trinajstić information content (AvgIpc) is 2.96. The van der Waals surface area contributed by atoms with E-state index in [4.69, 9.17) is 5.11 Å². The molecule has 0 aliphatic heterocycles. The highest BCUT2D eigenvalue weighted by Crippen LogP contribution is 2.33. The van der Waals surface area contributed by atoms with E-state index < -0.39 is 5.97 Å². The van der Waals surface area contributed by atoms with Crippen LogP contribution in [0.25, 0.3) is 5.57 Å². The molecular weight excluding hydrogens is 394 g/mol. The Morgan fingerprint density at radius 2 is 1.38 bits per heavy atom. The van der Waals surface area contributed by atoms with E-state index in [1.807, 2.05) is 30.3 Å². The molecule has 0 saturated heterocycles. The second-order valence-corrected chi connectivity index (χ2v) is 8.40. The Balaban J connectivity index is 0.000000222. The zero-order chi connectivity index (χ0) is 22.8. The van der Waals surface area contributed by atoms with E-state index in [9.17, 15) is 4.79 Å². The fourth-order valence-corrected chi connectivity index (χ4v) is 4.00. The highest BCUT2D eigenvalue weighted by molar-refractivity contribution is 5.83. The molecular formula is C29H33NO2. The summed E-state index contributed by atoms with van der Waals surface area (Å²) in [5.41, 5.74) is 8.28. The van der Waals surface area contributed by atoms with Gasteiger partial charge in [-0.05, 0) is 73.2 Å². The van der Waals surface area contributed by atoms with E-state index in [0.717, 1.165) is 31.4 Å². The molecule has 3 heteroatoms. The third-order valence-corrected chi connectivity index (χ3v) is 5.67. The number of carboxylic acids is 1. The highest BCUT2D eigenvalue weighted by atomic mass is 16.4. The smallest absolute Gasteiger partial charge is 0.303 e. The molecule has 0 bridgehead atoms. The molecule has 32 heavy (non-hydrogen) atoms. The van der Waals surface area contributed by atoms with Crippen LogP contribution in [0.15, 0.2) is 84.9 Å². The Kier molecular flexibility index (Phi) is 8.82. The van der Waals surface area contributed by atoms with Crippen molar-refractivity contribution in [1.82, 2.24) is 4.90 Å². The summed E-state index contributed by atoms with van der Waals surface area (Å²) in [5, 5.41) is 8.37. The van der Waals surface area contributed by atoms with Crippen LogP contribution in [0, 0.1) is 0 Å². The molecule has 0 amide bonds. The maximum absolute atomic E-state index is 10.2. The molecule has 1 aliphatic carbocycles. The van der Waals surface area contributed by atoms with Gasteiger partial charge in [-0.25, -0.2) is 0 Å². The van der Waals surface area contributed by atoms with Crippen molar-refractivity contribution in [2.24, 2.45) is 0 Å². The van der Waals surface area contributed by atoms with Crippen molar-refractivity contribution in [3.05, 3.63) is 113 Å². The SMILES string of the molecule is CN(C)CCC=C1c2ccccc2CCc2ccccc21.O=C(O)CCc1ccccc1. The number of rotatable bonds is 6. The van der Waals surface area contributed by atoms with Gasteiger partial charge in [0.2, 0.25) is 0 Å². The first-order chi connectivity index (χ1) is 15.5. The normalized spacial score (nSPS) is 12.2. The lowest BCUT2D eigenvalue weighted by atomic mass is 9.93. The van der Waals surface area contributed by atoms with Gasteiger partial charge in [0.15, 0.2) is 0 Å². The second-order valence-electron chi connectivity index (χ2n) is 8.40. The van der Waals surface area contributed by atoms with Crippen molar-refractivity contribution in [2.75, 3.05) is 20.6 Å². The molecule has 1 aliphatic rings. The summed E-state index contributed by atoms with van der Waals surface area (Å²) in [6.45, 7) is 1.09. The van der Waals surface area contributed by atoms with Crippen molar-refractivity contribution in [3.63, 3.8) is 0 Å². The quantitative estimate of drug-likeness (QED) is 0.535. The maximum Gasteiger partial charge on any atom is 0.303 e. The molecule has 0 heterocycles. The monoisotopic (exact) mass is 427 g/mol. The summed E-state index contributed by atoms with van der Waals surface area (Å²) >= 11 is 0. The van der Waals surface area contributed by atoms with Gasteiger partial charge in [0, 0.05) is 13.0 Å². The van der Waals surface area contributed by atoms with Gasteiger partial charge in [0.25, 0.3) is 0 Å². The Labute approximate surface area is 192 Å². The van der Waals surface area contributed by atoms with Crippen LogP contribution in [0.4, 0.5) is 0 Å². The van der Waals surface area contributed by atoms with E-state index in [2.05, 4.69) is 73.6 Å². The largest absolute Gasteiger partial charge is 0.481 e. The number of fused-ring (bicyclic) bond motifs is 2. The van der Waals surface area contributed by atoms with Gasteiger partial charge in [-0.2, -0.15) is 0 Å². The number of aryl methyl sites for hydroxylation is 3. The minimum atomic E-state index is -0.742. The van der Waals surface area contributed by atoms with Crippen LogP contribution in [0.3, 0.4) is 0 Å². The Bertz CT molecular complexity index is 988. The number of carboxylic acid groups (broad SMARTS) is 1. The van der Waals surface area contributed by atoms with E-state index in [-0.39, 0.29) is 6.42 Å². The first-order valence-electron chi connectivity index (χ1n) is 11.3. The minimum Gasteiger partial charge on any atom is -0.481 e. The summed E-state index contributed by atoms with van der Waals surface area (Å²) < 4.78 is 0. The Hall–Kier alpha value is -3.17. The highest BCUT2D eigenvalue weighted by Gasteiger charge is 2.16. The first-order valence-corrected chi connectivity index (χ1v) is 11.3. The van der Waals surface area contributed by atoms with Crippen LogP contribution in [0.1, 0.15) is 40.7 Å². The van der Waals surface area contributed by atoms with Gasteiger partial charge in [0.05, 0.1) is 0 Å². The summed E-state index contributed by atoms with van der Waals surface area (Å²) in [6, 6.07) is 27.4. The number of hydrogen-bond acceptors (Lipinski definition) is 2. The predicted octanol–water partition coefficient (Wildman–Crippen LogP) is 5.87. The van der Waals surface area contributed by atoms with Crippen LogP contribution < -0.4 is 0 Å². The zero-order valence-corrected chi connectivity index (χ0v) is 19.1. The van der Waals surface area contributed by atoms with Crippen LogP contribution in [-0.2, 0) is 24.1 Å². The van der Waals surface area contributed by atoms with Crippen LogP contribution in [-0.4, -0.2) is 36.6 Å². The molecule has 0 unspecified atom stereocenters. The van der Waals surface area contributed by atoms with Crippen LogP contribution in [0.2, 0.25) is 0 Å². The molecule has 0 fully saturated rings. The van der Waals surface area contributed by atoms with Gasteiger partial charge in [-0.15, -0.1) is 0 Å². The Morgan fingerprint density at radius 1 is 0.844 bits per heavy atom. The summed E-state index contributed by atoms with van der Waals surface area (Å²) in [7, 11) is 4.26. The number of aliphatic carboxylic acids is 1. The van der Waals surface area contributed by atoms with Crippen molar-refractivity contribution >= 4 is 11.5 Å². The molecule has 0 saturated carbocycles. The molecule has 166 valence electrons. The lowest BCUT2D eigenvalue weighted by Gasteiger charge is -2.13. The fraction of sp³-hybridized carbons (Fsp3) is 0.276. The number of hydrogen-bond donors (Lipinski definition) is 1. The summed E-state index contributed by atoms with van der Waals surface area (Å²) in [6.07, 6.45) is 6.62. The van der Waals surface area contributed by atoms with Crippen molar-refractivity contribution < 1.29 is 9.90 Å². The van der Waals surface area contributed by atoms with E-state index >= 15 is 0 Å². The molecule has 3 nitrogen and oxygen atoms in total. The van der Waals surface area contributed by atoms with Gasteiger partial charge in [-0.1, -0.05) is 84.9 Å². The number of carbonyl (C=O) groups is 1. The van der Waals surface area contributed by atoms with Crippen LogP contribution >= 0.6 is 0 Å². The second kappa shape index (κ2) is 12.0. The Morgan fingerprint density at radius 3 is 1.91 bits per heavy atom. The molecule has 3 aromatic rings.